The number of sulfonamides is 1. The number of nitrogens with one attached hydrogen (secondary N) is 1. The highest BCUT2D eigenvalue weighted by molar-refractivity contribution is 9.10. The molecule has 4 bridgehead atoms. The Hall–Kier alpha value is -3.17. The zero-order valence-electron chi connectivity index (χ0n) is 29.1. The monoisotopic (exact) mass is 759 g/mol. The molecule has 8 rings (SSSR count). The van der Waals surface area contributed by atoms with Gasteiger partial charge in [-0.15, -0.1) is 0 Å². The van der Waals surface area contributed by atoms with E-state index >= 15 is 0 Å². The molecular formula is C41H50BrN3O4S. The van der Waals surface area contributed by atoms with Crippen molar-refractivity contribution in [1.82, 2.24) is 10.2 Å². The number of amides is 2. The van der Waals surface area contributed by atoms with Crippen LogP contribution < -0.4 is 9.62 Å². The lowest BCUT2D eigenvalue weighted by molar-refractivity contribution is -0.140. The van der Waals surface area contributed by atoms with Crippen molar-refractivity contribution < 1.29 is 18.0 Å². The van der Waals surface area contributed by atoms with Crippen molar-refractivity contribution >= 4 is 43.5 Å². The number of carbonyl (C=O) groups excluding carboxylic acids is 2. The Morgan fingerprint density at radius 2 is 1.46 bits per heavy atom. The Labute approximate surface area is 306 Å². The van der Waals surface area contributed by atoms with Crippen LogP contribution in [0, 0.1) is 17.8 Å². The van der Waals surface area contributed by atoms with Gasteiger partial charge in [-0.2, -0.15) is 0 Å². The lowest BCUT2D eigenvalue weighted by Gasteiger charge is -2.57. The predicted octanol–water partition coefficient (Wildman–Crippen LogP) is 7.77. The molecule has 0 radical (unpaired) electrons. The number of nitrogens with zero attached hydrogens (tertiary/aromatic N) is 2. The van der Waals surface area contributed by atoms with E-state index < -0.39 is 28.5 Å². The molecule has 5 fully saturated rings. The van der Waals surface area contributed by atoms with Crippen LogP contribution in [0.3, 0.4) is 0 Å². The molecule has 1 N–H and O–H groups in total. The van der Waals surface area contributed by atoms with Gasteiger partial charge in [0.15, 0.2) is 0 Å². The standard InChI is InChI=1S/C41H50BrN3O4S/c1-50(48,49)45(37-17-15-34(16-18-37)41-24-31-19-32(25-41)21-33(20-31)26-41)28-39(46)44(27-30-11-8-12-35(42)22-30)38(23-29-9-4-2-5-10-29)40(47)43-36-13-6-3-7-14-36/h2,4-5,8-12,15-18,22,31-33,36,38H,3,6-7,13-14,19-21,23-28H2,1H3,(H,43,47)/t31?,32?,33?,38-,41?/m0/s1. The van der Waals surface area contributed by atoms with Crippen LogP contribution in [-0.2, 0) is 38.0 Å². The molecule has 5 saturated carbocycles. The SMILES string of the molecule is CS(=O)(=O)N(CC(=O)N(Cc1cccc(Br)c1)[C@@H](Cc1ccccc1)C(=O)NC1CCCCC1)c1ccc(C23CC4CC(CC(C4)C2)C3)cc1. The Bertz CT molecular complexity index is 1740. The van der Waals surface area contributed by atoms with Crippen LogP contribution in [0.15, 0.2) is 83.3 Å². The van der Waals surface area contributed by atoms with Gasteiger partial charge in [-0.05, 0) is 115 Å². The fraction of sp³-hybridized carbons (Fsp3) is 0.512. The third-order valence-corrected chi connectivity index (χ3v) is 13.6. The first-order chi connectivity index (χ1) is 24.0. The Kier molecular flexibility index (Phi) is 10.4. The first-order valence-electron chi connectivity index (χ1n) is 18.5. The summed E-state index contributed by atoms with van der Waals surface area (Å²) in [5, 5.41) is 3.27. The van der Waals surface area contributed by atoms with Gasteiger partial charge in [0.05, 0.1) is 11.9 Å². The third kappa shape index (κ3) is 7.99. The van der Waals surface area contributed by atoms with E-state index in [4.69, 9.17) is 0 Å². The van der Waals surface area contributed by atoms with Gasteiger partial charge in [-0.1, -0.05) is 89.8 Å². The fourth-order valence-electron chi connectivity index (χ4n) is 9.99. The maximum Gasteiger partial charge on any atom is 0.244 e. The molecule has 0 heterocycles. The summed E-state index contributed by atoms with van der Waals surface area (Å²) in [4.78, 5) is 30.4. The summed E-state index contributed by atoms with van der Waals surface area (Å²) in [6, 6.07) is 24.7. The molecule has 1 atom stereocenters. The van der Waals surface area contributed by atoms with E-state index in [0.29, 0.717) is 12.1 Å². The number of rotatable bonds is 12. The summed E-state index contributed by atoms with van der Waals surface area (Å²) in [6.07, 6.45) is 14.4. The highest BCUT2D eigenvalue weighted by Crippen LogP contribution is 2.60. The number of benzene rings is 3. The van der Waals surface area contributed by atoms with Crippen molar-refractivity contribution in [3.63, 3.8) is 0 Å². The molecule has 0 unspecified atom stereocenters. The summed E-state index contributed by atoms with van der Waals surface area (Å²) >= 11 is 3.56. The number of carbonyl (C=O) groups is 2. The summed E-state index contributed by atoms with van der Waals surface area (Å²) in [5.41, 5.74) is 3.75. The summed E-state index contributed by atoms with van der Waals surface area (Å²) < 4.78 is 28.9. The van der Waals surface area contributed by atoms with Gasteiger partial charge in [-0.25, -0.2) is 8.42 Å². The van der Waals surface area contributed by atoms with Crippen molar-refractivity contribution in [2.45, 2.75) is 101 Å². The van der Waals surface area contributed by atoms with Crippen molar-refractivity contribution in [3.05, 3.63) is 100 Å². The van der Waals surface area contributed by atoms with E-state index in [0.717, 1.165) is 71.7 Å². The predicted molar refractivity (Wildman–Crippen MR) is 202 cm³/mol. The van der Waals surface area contributed by atoms with E-state index in [9.17, 15) is 18.0 Å². The minimum atomic E-state index is -3.83. The highest BCUT2D eigenvalue weighted by Gasteiger charge is 2.51. The van der Waals surface area contributed by atoms with Crippen LogP contribution in [0.4, 0.5) is 5.69 Å². The van der Waals surface area contributed by atoms with E-state index in [-0.39, 0.29) is 23.9 Å². The quantitative estimate of drug-likeness (QED) is 0.205. The van der Waals surface area contributed by atoms with Crippen LogP contribution >= 0.6 is 15.9 Å². The van der Waals surface area contributed by atoms with Crippen LogP contribution in [0.25, 0.3) is 0 Å². The molecule has 7 nitrogen and oxygen atoms in total. The zero-order chi connectivity index (χ0) is 34.9. The van der Waals surface area contributed by atoms with Crippen molar-refractivity contribution in [1.29, 1.82) is 0 Å². The molecular weight excluding hydrogens is 710 g/mol. The molecule has 3 aromatic rings. The maximum absolute atomic E-state index is 14.6. The van der Waals surface area contributed by atoms with Crippen LogP contribution in [0.5, 0.6) is 0 Å². The Morgan fingerprint density at radius 3 is 2.06 bits per heavy atom. The average molecular weight is 761 g/mol. The smallest absolute Gasteiger partial charge is 0.244 e. The molecule has 50 heavy (non-hydrogen) atoms. The second-order valence-corrected chi connectivity index (χ2v) is 18.5. The van der Waals surface area contributed by atoms with Crippen LogP contribution in [-0.4, -0.2) is 50.0 Å². The minimum Gasteiger partial charge on any atom is -0.352 e. The first-order valence-corrected chi connectivity index (χ1v) is 21.2. The maximum atomic E-state index is 14.6. The molecule has 3 aromatic carbocycles. The van der Waals surface area contributed by atoms with Crippen molar-refractivity contribution in [2.24, 2.45) is 17.8 Å². The topological polar surface area (TPSA) is 86.8 Å². The van der Waals surface area contributed by atoms with Crippen molar-refractivity contribution in [3.8, 4) is 0 Å². The van der Waals surface area contributed by atoms with Gasteiger partial charge < -0.3 is 10.2 Å². The van der Waals surface area contributed by atoms with Gasteiger partial charge in [0.2, 0.25) is 21.8 Å². The fourth-order valence-corrected chi connectivity index (χ4v) is 11.3. The van der Waals surface area contributed by atoms with Crippen LogP contribution in [0.2, 0.25) is 0 Å². The summed E-state index contributed by atoms with van der Waals surface area (Å²) in [5.74, 6) is 1.81. The average Bonchev–Trinajstić information content (AvgIpc) is 3.08. The molecule has 5 aliphatic rings. The number of halogens is 1. The highest BCUT2D eigenvalue weighted by atomic mass is 79.9. The van der Waals surface area contributed by atoms with E-state index in [1.165, 1.54) is 48.4 Å². The zero-order valence-corrected chi connectivity index (χ0v) is 31.5. The second kappa shape index (κ2) is 14.8. The van der Waals surface area contributed by atoms with Gasteiger partial charge in [-0.3, -0.25) is 13.9 Å². The molecule has 0 spiro atoms. The molecule has 0 aliphatic heterocycles. The summed E-state index contributed by atoms with van der Waals surface area (Å²) in [6.45, 7) is -0.234. The van der Waals surface area contributed by atoms with Crippen molar-refractivity contribution in [2.75, 3.05) is 17.1 Å². The molecule has 5 aliphatic carbocycles. The largest absolute Gasteiger partial charge is 0.352 e. The van der Waals surface area contributed by atoms with Gasteiger partial charge in [0.25, 0.3) is 0 Å². The third-order valence-electron chi connectivity index (χ3n) is 11.9. The lowest BCUT2D eigenvalue weighted by atomic mass is 9.48. The van der Waals surface area contributed by atoms with Crippen LogP contribution in [0.1, 0.15) is 87.3 Å². The Morgan fingerprint density at radius 1 is 0.840 bits per heavy atom. The molecule has 0 saturated heterocycles. The number of hydrogen-bond acceptors (Lipinski definition) is 4. The van der Waals surface area contributed by atoms with Gasteiger partial charge >= 0.3 is 0 Å². The molecule has 266 valence electrons. The number of hydrogen-bond donors (Lipinski definition) is 1. The van der Waals surface area contributed by atoms with E-state index in [1.54, 1.807) is 4.90 Å². The normalized spacial score (nSPS) is 25.2. The van der Waals surface area contributed by atoms with Gasteiger partial charge in [0, 0.05) is 23.5 Å². The lowest BCUT2D eigenvalue weighted by Crippen LogP contribution is -2.55. The first kappa shape index (κ1) is 35.2. The van der Waals surface area contributed by atoms with E-state index in [1.807, 2.05) is 66.7 Å². The molecule has 9 heteroatoms. The minimum absolute atomic E-state index is 0.0670. The Balaban J connectivity index is 1.18. The summed E-state index contributed by atoms with van der Waals surface area (Å²) in [7, 11) is -3.83. The molecule has 0 aromatic heterocycles. The second-order valence-electron chi connectivity index (χ2n) is 15.7. The number of anilines is 1. The van der Waals surface area contributed by atoms with Gasteiger partial charge in [0.1, 0.15) is 12.6 Å². The van der Waals surface area contributed by atoms with E-state index in [2.05, 4.69) is 33.4 Å². The molecule has 2 amide bonds.